The number of aliphatic hydroxyl groups is 1. The summed E-state index contributed by atoms with van der Waals surface area (Å²) in [6, 6.07) is 13.1. The Morgan fingerprint density at radius 3 is 2.28 bits per heavy atom. The fourth-order valence-corrected chi connectivity index (χ4v) is 4.08. The van der Waals surface area contributed by atoms with Crippen LogP contribution in [0.15, 0.2) is 54.1 Å². The molecule has 1 aliphatic heterocycles. The Balaban J connectivity index is 1.93. The predicted molar refractivity (Wildman–Crippen MR) is 112 cm³/mol. The lowest BCUT2D eigenvalue weighted by atomic mass is 9.95. The zero-order valence-corrected chi connectivity index (χ0v) is 17.2. The van der Waals surface area contributed by atoms with E-state index in [9.17, 15) is 14.7 Å². The van der Waals surface area contributed by atoms with Crippen molar-refractivity contribution in [3.8, 4) is 0 Å². The second-order valence-corrected chi connectivity index (χ2v) is 8.29. The van der Waals surface area contributed by atoms with Crippen molar-refractivity contribution in [3.05, 3.63) is 80.8 Å². The highest BCUT2D eigenvalue weighted by molar-refractivity contribution is 7.15. The van der Waals surface area contributed by atoms with Crippen molar-refractivity contribution in [3.63, 3.8) is 0 Å². The fourth-order valence-electron chi connectivity index (χ4n) is 3.24. The molecule has 146 valence electrons. The minimum absolute atomic E-state index is 0.00836. The summed E-state index contributed by atoms with van der Waals surface area (Å²) < 4.78 is 0. The monoisotopic (exact) mass is 425 g/mol. The Morgan fingerprint density at radius 1 is 1.03 bits per heavy atom. The maximum atomic E-state index is 12.9. The fraction of sp³-hybridized carbons (Fsp3) is 0.143. The molecule has 2 heterocycles. The highest BCUT2D eigenvalue weighted by Gasteiger charge is 2.48. The van der Waals surface area contributed by atoms with Crippen LogP contribution in [-0.2, 0) is 9.59 Å². The summed E-state index contributed by atoms with van der Waals surface area (Å²) in [4.78, 5) is 27.2. The lowest BCUT2D eigenvalue weighted by Gasteiger charge is -2.22. The number of Topliss-reactive ketones (excluding diaryl/α,β-unsaturated/α-hetero) is 1. The van der Waals surface area contributed by atoms with Gasteiger partial charge in [-0.15, -0.1) is 10.2 Å². The molecule has 0 bridgehead atoms. The smallest absolute Gasteiger partial charge is 0.301 e. The molecule has 2 aromatic carbocycles. The van der Waals surface area contributed by atoms with Crippen molar-refractivity contribution in [2.45, 2.75) is 19.9 Å². The Morgan fingerprint density at radius 2 is 1.69 bits per heavy atom. The molecule has 1 fully saturated rings. The predicted octanol–water partition coefficient (Wildman–Crippen LogP) is 4.43. The number of rotatable bonds is 3. The van der Waals surface area contributed by atoms with Crippen molar-refractivity contribution in [1.29, 1.82) is 0 Å². The quantitative estimate of drug-likeness (QED) is 0.381. The van der Waals surface area contributed by atoms with Gasteiger partial charge >= 0.3 is 5.91 Å². The number of anilines is 1. The largest absolute Gasteiger partial charge is 0.507 e. The van der Waals surface area contributed by atoms with E-state index >= 15 is 0 Å². The number of carbonyl (C=O) groups is 2. The summed E-state index contributed by atoms with van der Waals surface area (Å²) in [5, 5.41) is 20.5. The molecule has 1 aliphatic rings. The number of carbonyl (C=O) groups excluding carboxylic acids is 2. The van der Waals surface area contributed by atoms with Gasteiger partial charge in [0.2, 0.25) is 5.13 Å². The van der Waals surface area contributed by atoms with Crippen molar-refractivity contribution < 1.29 is 14.7 Å². The molecule has 1 saturated heterocycles. The summed E-state index contributed by atoms with van der Waals surface area (Å²) in [6.07, 6.45) is 0. The number of hydrogen-bond acceptors (Lipinski definition) is 6. The van der Waals surface area contributed by atoms with Gasteiger partial charge in [0.25, 0.3) is 5.78 Å². The Kier molecular flexibility index (Phi) is 4.94. The molecule has 0 spiro atoms. The summed E-state index contributed by atoms with van der Waals surface area (Å²) in [5.41, 5.74) is 2.14. The average molecular weight is 426 g/mol. The van der Waals surface area contributed by atoms with E-state index in [1.807, 2.05) is 31.2 Å². The normalized spacial score (nSPS) is 18.4. The third-order valence-electron chi connectivity index (χ3n) is 4.68. The summed E-state index contributed by atoms with van der Waals surface area (Å²) in [7, 11) is 0. The van der Waals surface area contributed by atoms with E-state index in [0.717, 1.165) is 5.56 Å². The van der Waals surface area contributed by atoms with E-state index in [1.165, 1.54) is 16.2 Å². The van der Waals surface area contributed by atoms with Crippen LogP contribution in [0.2, 0.25) is 5.02 Å². The molecule has 1 N–H and O–H groups in total. The number of aliphatic hydroxyl groups excluding tert-OH is 1. The summed E-state index contributed by atoms with van der Waals surface area (Å²) in [6.45, 7) is 3.72. The third-order valence-corrected chi connectivity index (χ3v) is 5.77. The molecule has 3 aromatic rings. The Labute approximate surface area is 176 Å². The molecule has 0 saturated carbocycles. The first-order chi connectivity index (χ1) is 13.9. The second kappa shape index (κ2) is 7.42. The first kappa shape index (κ1) is 19.3. The van der Waals surface area contributed by atoms with Gasteiger partial charge in [-0.05, 0) is 43.7 Å². The Bertz CT molecular complexity index is 1140. The van der Waals surface area contributed by atoms with Gasteiger partial charge in [-0.2, -0.15) is 0 Å². The number of aromatic nitrogens is 2. The molecule has 1 atom stereocenters. The van der Waals surface area contributed by atoms with Crippen LogP contribution < -0.4 is 4.90 Å². The van der Waals surface area contributed by atoms with E-state index in [0.29, 0.717) is 26.3 Å². The first-order valence-electron chi connectivity index (χ1n) is 8.80. The summed E-state index contributed by atoms with van der Waals surface area (Å²) >= 11 is 7.14. The number of amides is 1. The van der Waals surface area contributed by atoms with Crippen molar-refractivity contribution in [1.82, 2.24) is 10.2 Å². The zero-order chi connectivity index (χ0) is 20.7. The maximum Gasteiger partial charge on any atom is 0.301 e. The minimum Gasteiger partial charge on any atom is -0.507 e. The van der Waals surface area contributed by atoms with Crippen LogP contribution in [0.3, 0.4) is 0 Å². The van der Waals surface area contributed by atoms with E-state index in [-0.39, 0.29) is 11.3 Å². The van der Waals surface area contributed by atoms with Gasteiger partial charge < -0.3 is 5.11 Å². The molecular formula is C21H16ClN3O3S. The van der Waals surface area contributed by atoms with Crippen LogP contribution in [-0.4, -0.2) is 27.0 Å². The van der Waals surface area contributed by atoms with E-state index in [2.05, 4.69) is 10.2 Å². The molecule has 0 radical (unpaired) electrons. The highest BCUT2D eigenvalue weighted by atomic mass is 35.5. The Hall–Kier alpha value is -3.03. The highest BCUT2D eigenvalue weighted by Crippen LogP contribution is 2.42. The van der Waals surface area contributed by atoms with Crippen LogP contribution in [0.25, 0.3) is 5.76 Å². The molecule has 29 heavy (non-hydrogen) atoms. The van der Waals surface area contributed by atoms with Crippen LogP contribution in [0.4, 0.5) is 5.13 Å². The lowest BCUT2D eigenvalue weighted by Crippen LogP contribution is -2.29. The molecule has 8 heteroatoms. The molecule has 4 rings (SSSR count). The van der Waals surface area contributed by atoms with Crippen molar-refractivity contribution in [2.24, 2.45) is 0 Å². The van der Waals surface area contributed by atoms with Crippen LogP contribution in [0, 0.1) is 13.8 Å². The lowest BCUT2D eigenvalue weighted by molar-refractivity contribution is -0.132. The number of hydrogen-bond donors (Lipinski definition) is 1. The minimum atomic E-state index is -0.807. The second-order valence-electron chi connectivity index (χ2n) is 6.69. The van der Waals surface area contributed by atoms with Gasteiger partial charge in [-0.25, -0.2) is 0 Å². The molecule has 1 amide bonds. The van der Waals surface area contributed by atoms with E-state index < -0.39 is 17.7 Å². The SMILES string of the molecule is Cc1ccc([C@@H]2C(=C(O)c3ccc(Cl)cc3)C(=O)C(=O)N2c2nnc(C)s2)cc1. The van der Waals surface area contributed by atoms with Gasteiger partial charge in [0, 0.05) is 10.6 Å². The van der Waals surface area contributed by atoms with Gasteiger partial charge in [0.05, 0.1) is 11.6 Å². The van der Waals surface area contributed by atoms with E-state index in [4.69, 9.17) is 11.6 Å². The molecule has 0 unspecified atom stereocenters. The molecule has 0 aliphatic carbocycles. The van der Waals surface area contributed by atoms with E-state index in [1.54, 1.807) is 31.2 Å². The summed E-state index contributed by atoms with van der Waals surface area (Å²) in [5.74, 6) is -1.77. The van der Waals surface area contributed by atoms with Crippen molar-refractivity contribution >= 4 is 45.5 Å². The molecule has 1 aromatic heterocycles. The molecule has 6 nitrogen and oxygen atoms in total. The van der Waals surface area contributed by atoms with Crippen LogP contribution in [0.5, 0.6) is 0 Å². The van der Waals surface area contributed by atoms with Gasteiger partial charge in [-0.3, -0.25) is 14.5 Å². The first-order valence-corrected chi connectivity index (χ1v) is 10.00. The van der Waals surface area contributed by atoms with Gasteiger partial charge in [0.1, 0.15) is 10.8 Å². The topological polar surface area (TPSA) is 83.4 Å². The van der Waals surface area contributed by atoms with Gasteiger partial charge in [0.15, 0.2) is 0 Å². The van der Waals surface area contributed by atoms with Gasteiger partial charge in [-0.1, -0.05) is 52.8 Å². The zero-order valence-electron chi connectivity index (χ0n) is 15.6. The number of benzene rings is 2. The number of ketones is 1. The standard InChI is InChI=1S/C21H16ClN3O3S/c1-11-3-5-13(6-4-11)17-16(18(26)14-7-9-15(22)10-8-14)19(27)20(28)25(17)21-24-23-12(2)29-21/h3-10,17,26H,1-2H3/t17-/m1/s1. The van der Waals surface area contributed by atoms with Crippen molar-refractivity contribution in [2.75, 3.05) is 4.90 Å². The molecular weight excluding hydrogens is 410 g/mol. The van der Waals surface area contributed by atoms with Crippen LogP contribution in [0.1, 0.15) is 27.7 Å². The maximum absolute atomic E-state index is 12.9. The number of aryl methyl sites for hydroxylation is 2. The van der Waals surface area contributed by atoms with Crippen LogP contribution >= 0.6 is 22.9 Å². The number of nitrogens with zero attached hydrogens (tertiary/aromatic N) is 3. The third kappa shape index (κ3) is 3.43. The number of halogens is 1. The average Bonchev–Trinajstić information content (AvgIpc) is 3.24.